The first-order valence-corrected chi connectivity index (χ1v) is 26.5. The Labute approximate surface area is 414 Å². The van der Waals surface area contributed by atoms with Gasteiger partial charge in [0.25, 0.3) is 0 Å². The van der Waals surface area contributed by atoms with Crippen LogP contribution in [0.2, 0.25) is 19.6 Å². The van der Waals surface area contributed by atoms with Crippen LogP contribution < -0.4 is 10.1 Å². The Kier molecular flexibility index (Phi) is 12.4. The third-order valence-corrected chi connectivity index (χ3v) is 14.7. The second-order valence-corrected chi connectivity index (χ2v) is 23.5. The largest absolute Gasteiger partial charge is 3.00 e. The second kappa shape index (κ2) is 19.3. The van der Waals surface area contributed by atoms with Crippen LogP contribution in [0.25, 0.3) is 38.8 Å². The minimum atomic E-state index is -1.67. The molecule has 0 bridgehead atoms. The van der Waals surface area contributed by atoms with Gasteiger partial charge in [0.15, 0.2) is 0 Å². The molecule has 0 saturated heterocycles. The molecule has 0 fully saturated rings. The van der Waals surface area contributed by atoms with Gasteiger partial charge in [0.1, 0.15) is 0 Å². The zero-order chi connectivity index (χ0) is 47.0. The number of hydrogen-bond donors (Lipinski definition) is 0. The molecule has 1 aromatic heterocycles. The van der Waals surface area contributed by atoms with Crippen LogP contribution in [0.3, 0.4) is 0 Å². The maximum atomic E-state index is 8.55. The molecule has 67 heavy (non-hydrogen) atoms. The van der Waals surface area contributed by atoms with Crippen molar-refractivity contribution in [1.82, 2.24) is 4.98 Å². The molecule has 8 aromatic carbocycles. The third-order valence-electron chi connectivity index (χ3n) is 12.7. The van der Waals surface area contributed by atoms with E-state index in [0.29, 0.717) is 0 Å². The Hall–Kier alpha value is -6.62. The average molecular weight is 1060 g/mol. The van der Waals surface area contributed by atoms with E-state index in [2.05, 4.69) is 218 Å². The zero-order valence-corrected chi connectivity index (χ0v) is 41.9. The van der Waals surface area contributed by atoms with Crippen molar-refractivity contribution in [3.05, 3.63) is 263 Å². The SMILES string of the molecule is [2H]C([2H])(c1cc(-c2[c-]cccc2)ncc1[Si](C)(C)C)C(C)C.[Ir+3].[c-]1cc2c(cc1C1[N-]c3ccccc3N1c1ccc(-c3ccccc3)cc1)-c1ccccc1C2(c1ccccc1)c1ccccc1. The molecular formula is C62H54IrN3Si. The molecule has 0 radical (unpaired) electrons. The molecule has 0 amide bonds. The summed E-state index contributed by atoms with van der Waals surface area (Å²) in [6, 6.07) is 79.7. The predicted molar refractivity (Wildman–Crippen MR) is 279 cm³/mol. The summed E-state index contributed by atoms with van der Waals surface area (Å²) in [7, 11) is -1.67. The summed E-state index contributed by atoms with van der Waals surface area (Å²) >= 11 is 0. The van der Waals surface area contributed by atoms with Gasteiger partial charge in [-0.3, -0.25) is 0 Å². The minimum Gasteiger partial charge on any atom is -0.661 e. The van der Waals surface area contributed by atoms with Crippen molar-refractivity contribution in [2.45, 2.75) is 51.4 Å². The van der Waals surface area contributed by atoms with Gasteiger partial charge in [0.05, 0.1) is 8.07 Å². The summed E-state index contributed by atoms with van der Waals surface area (Å²) in [6.07, 6.45) is 0.293. The van der Waals surface area contributed by atoms with Gasteiger partial charge in [-0.1, -0.05) is 191 Å². The average Bonchev–Trinajstić information content (AvgIpc) is 3.91. The summed E-state index contributed by atoms with van der Waals surface area (Å²) < 4.78 is 17.1. The number of rotatable bonds is 9. The van der Waals surface area contributed by atoms with Gasteiger partial charge < -0.3 is 15.2 Å². The second-order valence-electron chi connectivity index (χ2n) is 18.5. The van der Waals surface area contributed by atoms with E-state index in [-0.39, 0.29) is 32.2 Å². The van der Waals surface area contributed by atoms with E-state index in [4.69, 9.17) is 8.06 Å². The Morgan fingerprint density at radius 2 is 1.27 bits per heavy atom. The molecule has 3 nitrogen and oxygen atoms in total. The topological polar surface area (TPSA) is 30.2 Å². The van der Waals surface area contributed by atoms with Crippen LogP contribution in [0.5, 0.6) is 0 Å². The smallest absolute Gasteiger partial charge is 0.661 e. The first-order valence-electron chi connectivity index (χ1n) is 24.0. The van der Waals surface area contributed by atoms with Crippen LogP contribution in [-0.4, -0.2) is 13.1 Å². The van der Waals surface area contributed by atoms with Crippen molar-refractivity contribution in [1.29, 1.82) is 0 Å². The van der Waals surface area contributed by atoms with Gasteiger partial charge in [-0.05, 0) is 80.9 Å². The number of hydrogen-bond acceptors (Lipinski definition) is 2. The molecule has 0 N–H and O–H groups in total. The van der Waals surface area contributed by atoms with E-state index >= 15 is 0 Å². The number of fused-ring (bicyclic) bond motifs is 4. The van der Waals surface area contributed by atoms with E-state index < -0.39 is 19.9 Å². The van der Waals surface area contributed by atoms with Gasteiger partial charge in [-0.2, -0.15) is 23.8 Å². The molecule has 1 unspecified atom stereocenters. The van der Waals surface area contributed by atoms with Crippen molar-refractivity contribution in [3.63, 3.8) is 0 Å². The van der Waals surface area contributed by atoms with Gasteiger partial charge >= 0.3 is 20.1 Å². The van der Waals surface area contributed by atoms with Crippen molar-refractivity contribution in [3.8, 4) is 33.5 Å². The Balaban J connectivity index is 0.000000218. The van der Waals surface area contributed by atoms with Crippen LogP contribution in [0.4, 0.5) is 17.1 Å². The third kappa shape index (κ3) is 8.76. The molecule has 0 saturated carbocycles. The van der Waals surface area contributed by atoms with Gasteiger partial charge in [-0.25, -0.2) is 0 Å². The molecule has 1 atom stereocenters. The number of benzene rings is 8. The van der Waals surface area contributed by atoms with Gasteiger partial charge in [-0.15, -0.1) is 52.7 Å². The molecular weight excluding hydrogens is 1010 g/mol. The predicted octanol–water partition coefficient (Wildman–Crippen LogP) is 15.7. The maximum absolute atomic E-state index is 8.55. The monoisotopic (exact) mass is 1060 g/mol. The molecule has 5 heteroatoms. The summed E-state index contributed by atoms with van der Waals surface area (Å²) in [5.41, 5.74) is 16.3. The Bertz CT molecular complexity index is 3160. The fraction of sp³-hybridized carbons (Fsp3) is 0.145. The molecule has 1 aliphatic carbocycles. The molecule has 330 valence electrons. The number of para-hydroxylation sites is 2. The van der Waals surface area contributed by atoms with Gasteiger partial charge in [0, 0.05) is 25.7 Å². The van der Waals surface area contributed by atoms with E-state index in [1.165, 1.54) is 44.5 Å². The summed E-state index contributed by atoms with van der Waals surface area (Å²) in [5.74, 6) is -0.0856. The van der Waals surface area contributed by atoms with Crippen molar-refractivity contribution in [2.24, 2.45) is 5.92 Å². The molecule has 0 spiro atoms. The number of pyridine rings is 1. The Morgan fingerprint density at radius 3 is 1.93 bits per heavy atom. The van der Waals surface area contributed by atoms with Crippen LogP contribution in [-0.2, 0) is 31.9 Å². The van der Waals surface area contributed by atoms with Crippen LogP contribution >= 0.6 is 0 Å². The van der Waals surface area contributed by atoms with Gasteiger partial charge in [0.2, 0.25) is 0 Å². The standard InChI is InChI=1S/C44H30N2.C18H24NSi.Ir/c1-4-14-31(15-5-1)32-24-27-36(28-25-32)46-42-23-13-12-22-41(42)45-43(46)33-26-29-40-38(30-33)37-20-10-11-21-39(37)44(40,34-16-6-2-7-17-34)35-18-8-3-9-19-35;1-14(2)11-16-12-17(15-9-7-6-8-10-15)19-13-18(16)20(3,4)5;/h1-25,27-30,43H;6-9,12-14H,11H2,1-5H3;/q-2;-1;+3/i;11D2;. The molecule has 11 rings (SSSR count). The number of nitrogens with zero attached hydrogens (tertiary/aromatic N) is 3. The van der Waals surface area contributed by atoms with Crippen molar-refractivity contribution < 1.29 is 22.8 Å². The van der Waals surface area contributed by atoms with Crippen LogP contribution in [0.15, 0.2) is 212 Å². The van der Waals surface area contributed by atoms with E-state index in [1.54, 1.807) is 0 Å². The first kappa shape index (κ1) is 43.0. The fourth-order valence-corrected chi connectivity index (χ4v) is 11.2. The molecule has 1 aliphatic heterocycles. The molecule has 2 heterocycles. The normalized spacial score (nSPS) is 14.8. The zero-order valence-electron chi connectivity index (χ0n) is 40.5. The van der Waals surface area contributed by atoms with E-state index in [1.807, 2.05) is 50.4 Å². The first-order chi connectivity index (χ1) is 33.0. The number of aromatic nitrogens is 1. The van der Waals surface area contributed by atoms with E-state index in [9.17, 15) is 0 Å². The maximum Gasteiger partial charge on any atom is 3.00 e. The minimum absolute atomic E-state index is 0. The van der Waals surface area contributed by atoms with Crippen molar-refractivity contribution >= 4 is 30.3 Å². The fourth-order valence-electron chi connectivity index (χ4n) is 9.76. The molecule has 2 aliphatic rings. The van der Waals surface area contributed by atoms with E-state index in [0.717, 1.165) is 44.6 Å². The quantitative estimate of drug-likeness (QED) is 0.107. The van der Waals surface area contributed by atoms with Crippen LogP contribution in [0, 0.1) is 18.1 Å². The van der Waals surface area contributed by atoms with Crippen molar-refractivity contribution in [2.75, 3.05) is 4.90 Å². The van der Waals surface area contributed by atoms with Crippen LogP contribution in [0.1, 0.15) is 56.1 Å². The number of anilines is 2. The molecule has 9 aromatic rings. The summed E-state index contributed by atoms with van der Waals surface area (Å²) in [6.45, 7) is 10.6. The summed E-state index contributed by atoms with van der Waals surface area (Å²) in [4.78, 5) is 6.94. The Morgan fingerprint density at radius 1 is 0.657 bits per heavy atom. The summed E-state index contributed by atoms with van der Waals surface area (Å²) in [5, 5.41) is 6.39.